The number of rotatable bonds is 2. The number of carbonyl (C=O) groups excluding carboxylic acids is 1. The van der Waals surface area contributed by atoms with Crippen LogP contribution in [0.25, 0.3) is 0 Å². The van der Waals surface area contributed by atoms with E-state index in [0.717, 1.165) is 5.56 Å². The molecule has 0 radical (unpaired) electrons. The Bertz CT molecular complexity index is 342. The normalized spacial score (nSPS) is 12.3. The molecule has 0 aliphatic rings. The van der Waals surface area contributed by atoms with Gasteiger partial charge >= 0.3 is 5.97 Å². The molecule has 0 spiro atoms. The predicted molar refractivity (Wildman–Crippen MR) is 56.3 cm³/mol. The Labute approximate surface area is 84.9 Å². The van der Waals surface area contributed by atoms with Crippen molar-refractivity contribution in [3.05, 3.63) is 34.9 Å². The number of esters is 1. The lowest BCUT2D eigenvalue weighted by atomic mass is 9.94. The molecule has 0 aliphatic carbocycles. The van der Waals surface area contributed by atoms with Crippen LogP contribution in [0.4, 0.5) is 0 Å². The van der Waals surface area contributed by atoms with E-state index in [9.17, 15) is 4.79 Å². The molecule has 2 nitrogen and oxygen atoms in total. The largest absolute Gasteiger partial charge is 0.469 e. The van der Waals surface area contributed by atoms with E-state index in [1.54, 1.807) is 0 Å². The SMILES string of the molecule is COC(=O)[C@H](C)c1cccc(C)c1C. The molecule has 2 heteroatoms. The smallest absolute Gasteiger partial charge is 0.312 e. The van der Waals surface area contributed by atoms with Gasteiger partial charge in [0, 0.05) is 0 Å². The highest BCUT2D eigenvalue weighted by Gasteiger charge is 2.17. The van der Waals surface area contributed by atoms with Crippen LogP contribution in [0.2, 0.25) is 0 Å². The highest BCUT2D eigenvalue weighted by atomic mass is 16.5. The summed E-state index contributed by atoms with van der Waals surface area (Å²) in [6.45, 7) is 5.94. The monoisotopic (exact) mass is 192 g/mol. The molecule has 76 valence electrons. The van der Waals surface area contributed by atoms with Crippen LogP contribution in [-0.2, 0) is 9.53 Å². The third-order valence-electron chi connectivity index (χ3n) is 2.67. The third kappa shape index (κ3) is 1.95. The molecule has 0 aromatic heterocycles. The van der Waals surface area contributed by atoms with Gasteiger partial charge in [0.25, 0.3) is 0 Å². The van der Waals surface area contributed by atoms with Crippen LogP contribution >= 0.6 is 0 Å². The summed E-state index contributed by atoms with van der Waals surface area (Å²) in [7, 11) is 1.42. The zero-order valence-corrected chi connectivity index (χ0v) is 9.13. The standard InChI is InChI=1S/C12H16O2/c1-8-6-5-7-11(9(8)2)10(3)12(13)14-4/h5-7,10H,1-4H3/t10-/m1/s1. The highest BCUT2D eigenvalue weighted by molar-refractivity contribution is 5.78. The first kappa shape index (κ1) is 10.8. The molecule has 0 fully saturated rings. The lowest BCUT2D eigenvalue weighted by Gasteiger charge is -2.13. The van der Waals surface area contributed by atoms with Crippen molar-refractivity contribution in [2.24, 2.45) is 0 Å². The molecule has 0 unspecified atom stereocenters. The van der Waals surface area contributed by atoms with Crippen LogP contribution < -0.4 is 0 Å². The van der Waals surface area contributed by atoms with Gasteiger partial charge in [-0.3, -0.25) is 4.79 Å². The van der Waals surface area contributed by atoms with Gasteiger partial charge in [-0.1, -0.05) is 18.2 Å². The lowest BCUT2D eigenvalue weighted by molar-refractivity contribution is -0.142. The molecule has 0 N–H and O–H groups in total. The van der Waals surface area contributed by atoms with Gasteiger partial charge in [0.15, 0.2) is 0 Å². The van der Waals surface area contributed by atoms with E-state index in [-0.39, 0.29) is 11.9 Å². The summed E-state index contributed by atoms with van der Waals surface area (Å²) in [4.78, 5) is 11.4. The molecule has 0 saturated heterocycles. The van der Waals surface area contributed by atoms with Crippen molar-refractivity contribution in [3.8, 4) is 0 Å². The number of hydrogen-bond acceptors (Lipinski definition) is 2. The number of benzene rings is 1. The van der Waals surface area contributed by atoms with Crippen LogP contribution in [0.5, 0.6) is 0 Å². The van der Waals surface area contributed by atoms with Crippen molar-refractivity contribution in [2.45, 2.75) is 26.7 Å². The molecule has 1 aromatic rings. The van der Waals surface area contributed by atoms with E-state index in [4.69, 9.17) is 4.74 Å². The van der Waals surface area contributed by atoms with E-state index in [1.165, 1.54) is 18.2 Å². The molecule has 1 atom stereocenters. The lowest BCUT2D eigenvalue weighted by Crippen LogP contribution is -2.12. The van der Waals surface area contributed by atoms with Crippen molar-refractivity contribution in [1.82, 2.24) is 0 Å². The zero-order chi connectivity index (χ0) is 10.7. The van der Waals surface area contributed by atoms with Crippen LogP contribution in [0.1, 0.15) is 29.5 Å². The zero-order valence-electron chi connectivity index (χ0n) is 9.13. The van der Waals surface area contributed by atoms with Crippen LogP contribution in [0, 0.1) is 13.8 Å². The summed E-state index contributed by atoms with van der Waals surface area (Å²) in [5.74, 6) is -0.362. The fourth-order valence-electron chi connectivity index (χ4n) is 1.55. The Morgan fingerprint density at radius 3 is 2.57 bits per heavy atom. The third-order valence-corrected chi connectivity index (χ3v) is 2.67. The van der Waals surface area contributed by atoms with Crippen LogP contribution in [0.15, 0.2) is 18.2 Å². The van der Waals surface area contributed by atoms with E-state index < -0.39 is 0 Å². The quantitative estimate of drug-likeness (QED) is 0.673. The Morgan fingerprint density at radius 1 is 1.36 bits per heavy atom. The van der Waals surface area contributed by atoms with Gasteiger partial charge in [0.2, 0.25) is 0 Å². The molecular weight excluding hydrogens is 176 g/mol. The molecule has 14 heavy (non-hydrogen) atoms. The van der Waals surface area contributed by atoms with Crippen molar-refractivity contribution in [1.29, 1.82) is 0 Å². The second-order valence-corrected chi connectivity index (χ2v) is 3.53. The van der Waals surface area contributed by atoms with Gasteiger partial charge in [0.05, 0.1) is 13.0 Å². The van der Waals surface area contributed by atoms with E-state index in [0.29, 0.717) is 0 Å². The summed E-state index contributed by atoms with van der Waals surface area (Å²) in [6.07, 6.45) is 0. The first-order valence-electron chi connectivity index (χ1n) is 4.72. The maximum absolute atomic E-state index is 11.4. The number of methoxy groups -OCH3 is 1. The van der Waals surface area contributed by atoms with Gasteiger partial charge in [-0.25, -0.2) is 0 Å². The first-order chi connectivity index (χ1) is 6.57. The van der Waals surface area contributed by atoms with Gasteiger partial charge in [-0.2, -0.15) is 0 Å². The van der Waals surface area contributed by atoms with E-state index in [2.05, 4.69) is 0 Å². The Morgan fingerprint density at radius 2 is 2.00 bits per heavy atom. The highest BCUT2D eigenvalue weighted by Crippen LogP contribution is 2.22. The molecule has 1 aromatic carbocycles. The van der Waals surface area contributed by atoms with E-state index >= 15 is 0 Å². The fraction of sp³-hybridized carbons (Fsp3) is 0.417. The number of aryl methyl sites for hydroxylation is 1. The maximum Gasteiger partial charge on any atom is 0.312 e. The van der Waals surface area contributed by atoms with E-state index in [1.807, 2.05) is 39.0 Å². The van der Waals surface area contributed by atoms with Crippen molar-refractivity contribution in [2.75, 3.05) is 7.11 Å². The topological polar surface area (TPSA) is 26.3 Å². The van der Waals surface area contributed by atoms with Crippen molar-refractivity contribution < 1.29 is 9.53 Å². The number of carbonyl (C=O) groups is 1. The summed E-state index contributed by atoms with van der Waals surface area (Å²) in [6, 6.07) is 5.99. The Hall–Kier alpha value is -1.31. The second-order valence-electron chi connectivity index (χ2n) is 3.53. The van der Waals surface area contributed by atoms with Gasteiger partial charge in [-0.05, 0) is 37.5 Å². The van der Waals surface area contributed by atoms with Gasteiger partial charge in [0.1, 0.15) is 0 Å². The minimum absolute atomic E-state index is 0.181. The molecule has 0 bridgehead atoms. The molecular formula is C12H16O2. The van der Waals surface area contributed by atoms with Crippen LogP contribution in [0.3, 0.4) is 0 Å². The number of hydrogen-bond donors (Lipinski definition) is 0. The average molecular weight is 192 g/mol. The molecule has 0 heterocycles. The van der Waals surface area contributed by atoms with Gasteiger partial charge < -0.3 is 4.74 Å². The molecule has 0 saturated carbocycles. The van der Waals surface area contributed by atoms with Crippen molar-refractivity contribution >= 4 is 5.97 Å². The molecule has 1 rings (SSSR count). The van der Waals surface area contributed by atoms with Gasteiger partial charge in [-0.15, -0.1) is 0 Å². The summed E-state index contributed by atoms with van der Waals surface area (Å²) in [5.41, 5.74) is 3.43. The summed E-state index contributed by atoms with van der Waals surface area (Å²) < 4.78 is 4.72. The maximum atomic E-state index is 11.4. The van der Waals surface area contributed by atoms with Crippen molar-refractivity contribution in [3.63, 3.8) is 0 Å². The Kier molecular flexibility index (Phi) is 3.28. The molecule has 0 amide bonds. The minimum Gasteiger partial charge on any atom is -0.469 e. The predicted octanol–water partition coefficient (Wildman–Crippen LogP) is 2.58. The second kappa shape index (κ2) is 4.27. The first-order valence-corrected chi connectivity index (χ1v) is 4.72. The Balaban J connectivity index is 3.07. The average Bonchev–Trinajstić information content (AvgIpc) is 2.20. The molecule has 0 aliphatic heterocycles. The minimum atomic E-state index is -0.182. The van der Waals surface area contributed by atoms with Crippen LogP contribution in [-0.4, -0.2) is 13.1 Å². The fourth-order valence-corrected chi connectivity index (χ4v) is 1.55. The summed E-state index contributed by atoms with van der Waals surface area (Å²) in [5, 5.41) is 0. The number of ether oxygens (including phenoxy) is 1. The summed E-state index contributed by atoms with van der Waals surface area (Å²) >= 11 is 0.